The summed E-state index contributed by atoms with van der Waals surface area (Å²) >= 11 is 0. The van der Waals surface area contributed by atoms with Crippen LogP contribution in [0.3, 0.4) is 0 Å². The Balaban J connectivity index is 2.45. The Morgan fingerprint density at radius 1 is 1.14 bits per heavy atom. The van der Waals surface area contributed by atoms with E-state index in [1.54, 1.807) is 21.3 Å². The minimum absolute atomic E-state index is 0.278. The molecule has 0 saturated heterocycles. The van der Waals surface area contributed by atoms with E-state index in [-0.39, 0.29) is 6.04 Å². The molecule has 0 aliphatic heterocycles. The molecular formula is C17H27NO3. The molecule has 2 rings (SSSR count). The zero-order valence-electron chi connectivity index (χ0n) is 13.9. The standard InChI is InChI=1S/C17H27NO3/c1-7-18-14(12-10-17(12,2)3)11-8-9-13(19-4)16(21-6)15(11)20-5/h8-9,12,14,18H,7,10H2,1-6H3. The second kappa shape index (κ2) is 6.14. The molecule has 1 aromatic carbocycles. The molecule has 1 saturated carbocycles. The van der Waals surface area contributed by atoms with Crippen LogP contribution in [0.25, 0.3) is 0 Å². The fraction of sp³-hybridized carbons (Fsp3) is 0.647. The molecule has 1 aromatic rings. The normalized spacial score (nSPS) is 20.8. The van der Waals surface area contributed by atoms with Crippen LogP contribution < -0.4 is 19.5 Å². The lowest BCUT2D eigenvalue weighted by Crippen LogP contribution is -2.25. The van der Waals surface area contributed by atoms with Gasteiger partial charge in [-0.25, -0.2) is 0 Å². The van der Waals surface area contributed by atoms with Gasteiger partial charge in [0.25, 0.3) is 0 Å². The van der Waals surface area contributed by atoms with Crippen molar-refractivity contribution in [3.05, 3.63) is 17.7 Å². The van der Waals surface area contributed by atoms with E-state index >= 15 is 0 Å². The topological polar surface area (TPSA) is 39.7 Å². The summed E-state index contributed by atoms with van der Waals surface area (Å²) in [6.07, 6.45) is 1.22. The highest BCUT2D eigenvalue weighted by Crippen LogP contribution is 2.59. The van der Waals surface area contributed by atoms with Crippen LogP contribution in [0.5, 0.6) is 17.2 Å². The quantitative estimate of drug-likeness (QED) is 0.836. The fourth-order valence-corrected chi connectivity index (χ4v) is 3.14. The summed E-state index contributed by atoms with van der Waals surface area (Å²) in [6.45, 7) is 7.69. The van der Waals surface area contributed by atoms with Gasteiger partial charge in [0.1, 0.15) is 0 Å². The number of methoxy groups -OCH3 is 3. The fourth-order valence-electron chi connectivity index (χ4n) is 3.14. The number of rotatable bonds is 7. The smallest absolute Gasteiger partial charge is 0.203 e. The third-order valence-electron chi connectivity index (χ3n) is 4.49. The highest BCUT2D eigenvalue weighted by atomic mass is 16.5. The Kier molecular flexibility index (Phi) is 4.67. The molecule has 2 atom stereocenters. The molecule has 1 aliphatic rings. The highest BCUT2D eigenvalue weighted by Gasteiger charge is 2.51. The number of benzene rings is 1. The van der Waals surface area contributed by atoms with Crippen molar-refractivity contribution < 1.29 is 14.2 Å². The molecule has 1 N–H and O–H groups in total. The Morgan fingerprint density at radius 2 is 1.76 bits per heavy atom. The first-order valence-corrected chi connectivity index (χ1v) is 7.52. The molecule has 0 amide bonds. The third-order valence-corrected chi connectivity index (χ3v) is 4.49. The molecule has 1 aliphatic carbocycles. The van der Waals surface area contributed by atoms with Crippen molar-refractivity contribution in [3.8, 4) is 17.2 Å². The maximum absolute atomic E-state index is 5.64. The van der Waals surface area contributed by atoms with E-state index in [0.29, 0.717) is 22.8 Å². The first-order chi connectivity index (χ1) is 10.00. The summed E-state index contributed by atoms with van der Waals surface area (Å²) in [6, 6.07) is 4.32. The SMILES string of the molecule is CCNC(c1ccc(OC)c(OC)c1OC)C1CC1(C)C. The molecule has 0 bridgehead atoms. The molecule has 0 spiro atoms. The van der Waals surface area contributed by atoms with Gasteiger partial charge in [0.2, 0.25) is 5.75 Å². The average Bonchev–Trinajstić information content (AvgIpc) is 3.11. The van der Waals surface area contributed by atoms with Gasteiger partial charge in [-0.15, -0.1) is 0 Å². The lowest BCUT2D eigenvalue weighted by Gasteiger charge is -2.24. The summed E-state index contributed by atoms with van der Waals surface area (Å²) < 4.78 is 16.5. The third kappa shape index (κ3) is 2.95. The van der Waals surface area contributed by atoms with Crippen molar-refractivity contribution in [3.63, 3.8) is 0 Å². The second-order valence-corrected chi connectivity index (χ2v) is 6.26. The Morgan fingerprint density at radius 3 is 2.19 bits per heavy atom. The van der Waals surface area contributed by atoms with Crippen LogP contribution in [0.2, 0.25) is 0 Å². The van der Waals surface area contributed by atoms with Crippen molar-refractivity contribution >= 4 is 0 Å². The lowest BCUT2D eigenvalue weighted by molar-refractivity contribution is 0.315. The summed E-state index contributed by atoms with van der Waals surface area (Å²) in [5.41, 5.74) is 1.53. The Bertz CT molecular complexity index is 499. The largest absolute Gasteiger partial charge is 0.493 e. The zero-order chi connectivity index (χ0) is 15.6. The van der Waals surface area contributed by atoms with Crippen LogP contribution in [0.1, 0.15) is 38.8 Å². The summed E-state index contributed by atoms with van der Waals surface area (Å²) in [7, 11) is 4.97. The van der Waals surface area contributed by atoms with Gasteiger partial charge in [-0.1, -0.05) is 20.8 Å². The molecule has 0 heterocycles. The van der Waals surface area contributed by atoms with Crippen LogP contribution in [-0.2, 0) is 0 Å². The molecule has 2 unspecified atom stereocenters. The number of nitrogens with one attached hydrogen (secondary N) is 1. The van der Waals surface area contributed by atoms with Crippen LogP contribution in [-0.4, -0.2) is 27.9 Å². The average molecular weight is 293 g/mol. The van der Waals surface area contributed by atoms with Gasteiger partial charge in [0, 0.05) is 11.6 Å². The number of hydrogen-bond acceptors (Lipinski definition) is 4. The van der Waals surface area contributed by atoms with Gasteiger partial charge in [-0.3, -0.25) is 0 Å². The van der Waals surface area contributed by atoms with Crippen LogP contribution in [0, 0.1) is 11.3 Å². The zero-order valence-corrected chi connectivity index (χ0v) is 13.9. The van der Waals surface area contributed by atoms with Gasteiger partial charge in [-0.05, 0) is 36.4 Å². The molecule has 4 nitrogen and oxygen atoms in total. The van der Waals surface area contributed by atoms with Crippen LogP contribution in [0.4, 0.5) is 0 Å². The molecule has 118 valence electrons. The van der Waals surface area contributed by atoms with Gasteiger partial charge in [-0.2, -0.15) is 0 Å². The predicted molar refractivity (Wildman–Crippen MR) is 84.4 cm³/mol. The maximum atomic E-state index is 5.64. The molecule has 0 aromatic heterocycles. The molecule has 4 heteroatoms. The van der Waals surface area contributed by atoms with E-state index in [1.165, 1.54) is 6.42 Å². The van der Waals surface area contributed by atoms with E-state index < -0.39 is 0 Å². The van der Waals surface area contributed by atoms with E-state index in [9.17, 15) is 0 Å². The van der Waals surface area contributed by atoms with Crippen molar-refractivity contribution in [2.45, 2.75) is 33.2 Å². The van der Waals surface area contributed by atoms with Crippen LogP contribution in [0.15, 0.2) is 12.1 Å². The molecule has 1 fully saturated rings. The molecule has 21 heavy (non-hydrogen) atoms. The minimum Gasteiger partial charge on any atom is -0.493 e. The molecule has 0 radical (unpaired) electrons. The van der Waals surface area contributed by atoms with Crippen molar-refractivity contribution in [2.24, 2.45) is 11.3 Å². The number of hydrogen-bond donors (Lipinski definition) is 1. The summed E-state index contributed by atoms with van der Waals surface area (Å²) in [5, 5.41) is 3.60. The predicted octanol–water partition coefficient (Wildman–Crippen LogP) is 3.41. The number of ether oxygens (including phenoxy) is 3. The van der Waals surface area contributed by atoms with Gasteiger partial charge in [0.15, 0.2) is 11.5 Å². The van der Waals surface area contributed by atoms with Crippen LogP contribution >= 0.6 is 0 Å². The van der Waals surface area contributed by atoms with Gasteiger partial charge < -0.3 is 19.5 Å². The highest BCUT2D eigenvalue weighted by molar-refractivity contribution is 5.57. The summed E-state index contributed by atoms with van der Waals surface area (Å²) in [4.78, 5) is 0. The molecular weight excluding hydrogens is 266 g/mol. The van der Waals surface area contributed by atoms with E-state index in [1.807, 2.05) is 6.07 Å². The lowest BCUT2D eigenvalue weighted by atomic mass is 9.95. The monoisotopic (exact) mass is 293 g/mol. The van der Waals surface area contributed by atoms with E-state index in [2.05, 4.69) is 32.2 Å². The minimum atomic E-state index is 0.278. The van der Waals surface area contributed by atoms with Gasteiger partial charge in [0.05, 0.1) is 21.3 Å². The van der Waals surface area contributed by atoms with E-state index in [0.717, 1.165) is 17.9 Å². The van der Waals surface area contributed by atoms with Crippen molar-refractivity contribution in [2.75, 3.05) is 27.9 Å². The van der Waals surface area contributed by atoms with E-state index in [4.69, 9.17) is 14.2 Å². The van der Waals surface area contributed by atoms with Crippen molar-refractivity contribution in [1.29, 1.82) is 0 Å². The van der Waals surface area contributed by atoms with Crippen molar-refractivity contribution in [1.82, 2.24) is 5.32 Å². The second-order valence-electron chi connectivity index (χ2n) is 6.26. The summed E-state index contributed by atoms with van der Waals surface area (Å²) in [5.74, 6) is 2.75. The first kappa shape index (κ1) is 16.0. The van der Waals surface area contributed by atoms with Gasteiger partial charge >= 0.3 is 0 Å². The Hall–Kier alpha value is -1.42. The maximum Gasteiger partial charge on any atom is 0.203 e. The first-order valence-electron chi connectivity index (χ1n) is 7.52. The Labute approximate surface area is 127 Å².